The van der Waals surface area contributed by atoms with Gasteiger partial charge in [0.25, 0.3) is 0 Å². The molecule has 0 aliphatic carbocycles. The van der Waals surface area contributed by atoms with Gasteiger partial charge in [0, 0.05) is 42.8 Å². The molecule has 3 heterocycles. The molecule has 5 nitrogen and oxygen atoms in total. The van der Waals surface area contributed by atoms with Crippen molar-refractivity contribution < 1.29 is 29.6 Å². The van der Waals surface area contributed by atoms with Crippen LogP contribution in [-0.2, 0) is 0 Å². The van der Waals surface area contributed by atoms with Gasteiger partial charge in [-0.2, -0.15) is 0 Å². The summed E-state index contributed by atoms with van der Waals surface area (Å²) in [6.45, 7) is 14.9. The van der Waals surface area contributed by atoms with Crippen LogP contribution < -0.4 is 34.5 Å². The second kappa shape index (κ2) is 13.4. The van der Waals surface area contributed by atoms with Crippen molar-refractivity contribution >= 4 is 39.6 Å². The molecular formula is C29H33ClN5Na. The van der Waals surface area contributed by atoms with E-state index in [-0.39, 0.29) is 29.6 Å². The Hall–Kier alpha value is -2.15. The molecule has 0 bridgehead atoms. The molecule has 5 rings (SSSR count). The number of hydrogen-bond donors (Lipinski definition) is 0. The first-order valence-corrected chi connectivity index (χ1v) is 12.6. The molecule has 2 aromatic heterocycles. The number of aromatic nitrogens is 3. The van der Waals surface area contributed by atoms with Gasteiger partial charge in [-0.05, 0) is 54.7 Å². The van der Waals surface area contributed by atoms with Crippen LogP contribution >= 0.6 is 11.6 Å². The van der Waals surface area contributed by atoms with Gasteiger partial charge in [-0.3, -0.25) is 0 Å². The van der Waals surface area contributed by atoms with Gasteiger partial charge in [-0.25, -0.2) is 4.98 Å². The minimum absolute atomic E-state index is 0. The molecule has 1 aliphatic rings. The van der Waals surface area contributed by atoms with Crippen LogP contribution in [0.4, 0.5) is 0 Å². The minimum Gasteiger partial charge on any atom is -0.443 e. The Balaban J connectivity index is 0.000000223. The average Bonchev–Trinajstić information content (AvgIpc) is 3.35. The number of likely N-dealkylation sites (N-methyl/N-ethyl adjacent to an activating group) is 1. The quantitative estimate of drug-likeness (QED) is 0.371. The van der Waals surface area contributed by atoms with Crippen LogP contribution in [0.2, 0.25) is 5.02 Å². The Morgan fingerprint density at radius 2 is 1.86 bits per heavy atom. The van der Waals surface area contributed by atoms with Gasteiger partial charge in [-0.15, -0.1) is 0 Å². The summed E-state index contributed by atoms with van der Waals surface area (Å²) >= 11 is 6.41. The normalized spacial score (nSPS) is 13.7. The number of piperazine rings is 1. The molecule has 0 amide bonds. The number of hydrogen-bond acceptors (Lipinski definition) is 4. The maximum absolute atomic E-state index is 6.41. The van der Waals surface area contributed by atoms with Crippen molar-refractivity contribution in [2.45, 2.75) is 26.2 Å². The molecule has 1 fully saturated rings. The SMILES string of the molecule is C=C(CCCC)N1CCN(C)CC1.C=Cc1ccc2c(Cl)cc(-c3ccc4[n-]cnc4c3)nc2c1.[Na+]. The summed E-state index contributed by atoms with van der Waals surface area (Å²) in [7, 11) is 2.19. The van der Waals surface area contributed by atoms with Crippen LogP contribution in [0.3, 0.4) is 0 Å². The summed E-state index contributed by atoms with van der Waals surface area (Å²) in [4.78, 5) is 18.0. The summed E-state index contributed by atoms with van der Waals surface area (Å²) in [5, 5.41) is 1.62. The predicted molar refractivity (Wildman–Crippen MR) is 149 cm³/mol. The van der Waals surface area contributed by atoms with Crippen molar-refractivity contribution in [3.05, 3.63) is 78.2 Å². The third-order valence-corrected chi connectivity index (χ3v) is 6.77. The zero-order valence-electron chi connectivity index (χ0n) is 21.7. The monoisotopic (exact) mass is 509 g/mol. The van der Waals surface area contributed by atoms with Crippen LogP contribution in [0.1, 0.15) is 31.7 Å². The number of halogens is 1. The van der Waals surface area contributed by atoms with Crippen LogP contribution in [0, 0.1) is 0 Å². The van der Waals surface area contributed by atoms with E-state index in [2.05, 4.69) is 46.9 Å². The van der Waals surface area contributed by atoms with Crippen molar-refractivity contribution in [2.24, 2.45) is 0 Å². The molecule has 1 saturated heterocycles. The second-order valence-corrected chi connectivity index (χ2v) is 9.41. The minimum atomic E-state index is 0. The molecule has 2 aromatic carbocycles. The third-order valence-electron chi connectivity index (χ3n) is 6.45. The Bertz CT molecular complexity index is 1320. The number of pyridine rings is 1. The smallest absolute Gasteiger partial charge is 0.443 e. The molecule has 0 radical (unpaired) electrons. The van der Waals surface area contributed by atoms with Gasteiger partial charge in [0.15, 0.2) is 0 Å². The first-order chi connectivity index (χ1) is 17.0. The molecule has 4 aromatic rings. The molecule has 1 aliphatic heterocycles. The van der Waals surface area contributed by atoms with E-state index in [1.165, 1.54) is 51.1 Å². The van der Waals surface area contributed by atoms with Crippen molar-refractivity contribution in [3.8, 4) is 11.3 Å². The van der Waals surface area contributed by atoms with E-state index in [1.807, 2.05) is 42.5 Å². The van der Waals surface area contributed by atoms with Crippen molar-refractivity contribution in [3.63, 3.8) is 0 Å². The number of unbranched alkanes of at least 4 members (excludes halogenated alkanes) is 1. The van der Waals surface area contributed by atoms with Gasteiger partial charge < -0.3 is 19.8 Å². The number of allylic oxidation sites excluding steroid dienone is 1. The van der Waals surface area contributed by atoms with E-state index in [1.54, 1.807) is 12.4 Å². The van der Waals surface area contributed by atoms with Crippen LogP contribution in [0.5, 0.6) is 0 Å². The summed E-state index contributed by atoms with van der Waals surface area (Å²) in [5.74, 6) is 0. The van der Waals surface area contributed by atoms with Gasteiger partial charge in [0.05, 0.1) is 16.2 Å². The van der Waals surface area contributed by atoms with E-state index in [4.69, 9.17) is 16.6 Å². The average molecular weight is 510 g/mol. The molecule has 0 spiro atoms. The molecule has 36 heavy (non-hydrogen) atoms. The number of benzene rings is 2. The van der Waals surface area contributed by atoms with Gasteiger partial charge >= 0.3 is 29.6 Å². The van der Waals surface area contributed by atoms with Gasteiger partial charge in [0.1, 0.15) is 0 Å². The van der Waals surface area contributed by atoms with E-state index < -0.39 is 0 Å². The Kier molecular flexibility index (Phi) is 10.6. The molecular weight excluding hydrogens is 477 g/mol. The topological polar surface area (TPSA) is 46.4 Å². The molecule has 0 saturated carbocycles. The van der Waals surface area contributed by atoms with Gasteiger partial charge in [-0.1, -0.05) is 74.8 Å². The molecule has 0 atom stereocenters. The zero-order chi connectivity index (χ0) is 24.8. The largest absolute Gasteiger partial charge is 1.00 e. The van der Waals surface area contributed by atoms with E-state index in [9.17, 15) is 0 Å². The Labute approximate surface area is 241 Å². The number of imidazole rings is 1. The number of fused-ring (bicyclic) bond motifs is 2. The Morgan fingerprint density at radius 3 is 2.58 bits per heavy atom. The number of rotatable bonds is 6. The third kappa shape index (κ3) is 6.99. The summed E-state index contributed by atoms with van der Waals surface area (Å²) < 4.78 is 0. The second-order valence-electron chi connectivity index (χ2n) is 9.01. The van der Waals surface area contributed by atoms with Crippen LogP contribution in [0.25, 0.3) is 39.3 Å². The fourth-order valence-electron chi connectivity index (χ4n) is 4.19. The first kappa shape index (κ1) is 28.4. The van der Waals surface area contributed by atoms with Crippen molar-refractivity contribution in [1.82, 2.24) is 24.8 Å². The molecule has 7 heteroatoms. The van der Waals surface area contributed by atoms with E-state index >= 15 is 0 Å². The van der Waals surface area contributed by atoms with Crippen LogP contribution in [-0.4, -0.2) is 53.0 Å². The van der Waals surface area contributed by atoms with E-state index in [0.29, 0.717) is 5.02 Å². The predicted octanol–water partition coefficient (Wildman–Crippen LogP) is 3.65. The van der Waals surface area contributed by atoms with Crippen molar-refractivity contribution in [2.75, 3.05) is 33.2 Å². The fourth-order valence-corrected chi connectivity index (χ4v) is 4.45. The molecule has 182 valence electrons. The van der Waals surface area contributed by atoms with Gasteiger partial charge in [0.2, 0.25) is 0 Å². The number of nitrogens with zero attached hydrogens (tertiary/aromatic N) is 5. The Morgan fingerprint density at radius 1 is 1.08 bits per heavy atom. The standard InChI is InChI=1S/C18H11ClN3.C11H22N2.Na/c1-2-11-3-5-13-14(19)9-16(22-17(13)7-11)12-4-6-15-18(8-12)21-10-20-15;1-4-5-6-11(2)13-9-7-12(3)8-10-13;/h2-10H,1H2;2,4-10H2,1,3H3;/q-1;;+1. The van der Waals surface area contributed by atoms with E-state index in [0.717, 1.165) is 38.8 Å². The van der Waals surface area contributed by atoms with Crippen molar-refractivity contribution in [1.29, 1.82) is 0 Å². The fraction of sp³-hybridized carbons (Fsp3) is 0.310. The maximum atomic E-state index is 6.41. The molecule has 0 unspecified atom stereocenters. The summed E-state index contributed by atoms with van der Waals surface area (Å²) in [6.07, 6.45) is 7.09. The zero-order valence-corrected chi connectivity index (χ0v) is 24.4. The molecule has 0 N–H and O–H groups in total. The summed E-state index contributed by atoms with van der Waals surface area (Å²) in [5.41, 5.74) is 6.75. The maximum Gasteiger partial charge on any atom is 1.00 e. The van der Waals surface area contributed by atoms with Crippen LogP contribution in [0.15, 0.2) is 67.6 Å². The first-order valence-electron chi connectivity index (χ1n) is 12.2. The summed E-state index contributed by atoms with van der Waals surface area (Å²) in [6, 6.07) is 13.7.